The minimum atomic E-state index is 0.233. The molecule has 1 aliphatic carbocycles. The Morgan fingerprint density at radius 2 is 1.79 bits per heavy atom. The summed E-state index contributed by atoms with van der Waals surface area (Å²) in [4.78, 5) is 19.6. The zero-order chi connectivity index (χ0) is 22.8. The van der Waals surface area contributed by atoms with Gasteiger partial charge in [0, 0.05) is 30.5 Å². The van der Waals surface area contributed by atoms with E-state index < -0.39 is 0 Å². The van der Waals surface area contributed by atoms with E-state index in [-0.39, 0.29) is 5.91 Å². The summed E-state index contributed by atoms with van der Waals surface area (Å²) in [7, 11) is 0. The summed E-state index contributed by atoms with van der Waals surface area (Å²) in [6.45, 7) is 5.12. The van der Waals surface area contributed by atoms with Gasteiger partial charge in [-0.25, -0.2) is 0 Å². The number of nitrogens with zero attached hydrogens (tertiary/aromatic N) is 5. The Morgan fingerprint density at radius 1 is 1.00 bits per heavy atom. The van der Waals surface area contributed by atoms with Crippen molar-refractivity contribution in [2.75, 3.05) is 12.3 Å². The number of aryl methyl sites for hydroxylation is 2. The number of piperidine rings is 1. The number of hydrogen-bond donors (Lipinski definition) is 0. The van der Waals surface area contributed by atoms with Gasteiger partial charge in [0.25, 0.3) is 0 Å². The largest absolute Gasteiger partial charge is 0.339 e. The second kappa shape index (κ2) is 9.67. The number of benzene rings is 1. The fraction of sp³-hybridized carbons (Fsp3) is 0.462. The van der Waals surface area contributed by atoms with E-state index >= 15 is 0 Å². The Balaban J connectivity index is 1.41. The maximum Gasteiger partial charge on any atom is 0.233 e. The van der Waals surface area contributed by atoms with Gasteiger partial charge < -0.3 is 4.90 Å². The van der Waals surface area contributed by atoms with Gasteiger partial charge in [-0.05, 0) is 80.8 Å². The quantitative estimate of drug-likeness (QED) is 0.488. The molecule has 1 aliphatic heterocycles. The maximum atomic E-state index is 13.3. The normalized spacial score (nSPS) is 20.5. The maximum absolute atomic E-state index is 13.3. The van der Waals surface area contributed by atoms with Crippen molar-refractivity contribution >= 4 is 17.7 Å². The molecule has 3 heterocycles. The van der Waals surface area contributed by atoms with E-state index in [0.29, 0.717) is 17.7 Å². The van der Waals surface area contributed by atoms with Crippen LogP contribution in [0.5, 0.6) is 0 Å². The smallest absolute Gasteiger partial charge is 0.233 e. The van der Waals surface area contributed by atoms with Gasteiger partial charge in [0.1, 0.15) is 0 Å². The molecule has 7 heteroatoms. The first kappa shape index (κ1) is 22.1. The van der Waals surface area contributed by atoms with E-state index in [1.165, 1.54) is 48.6 Å². The van der Waals surface area contributed by atoms with E-state index in [4.69, 9.17) is 0 Å². The fourth-order valence-corrected chi connectivity index (χ4v) is 6.13. The molecule has 1 saturated heterocycles. The van der Waals surface area contributed by atoms with Gasteiger partial charge in [-0.1, -0.05) is 30.7 Å². The summed E-state index contributed by atoms with van der Waals surface area (Å²) in [5, 5.41) is 9.76. The Morgan fingerprint density at radius 3 is 2.61 bits per heavy atom. The number of fused-ring (bicyclic) bond motifs is 1. The summed E-state index contributed by atoms with van der Waals surface area (Å²) < 4.78 is 2.07. The minimum Gasteiger partial charge on any atom is -0.339 e. The Hall–Kier alpha value is -2.67. The lowest BCUT2D eigenvalue weighted by Gasteiger charge is -2.44. The van der Waals surface area contributed by atoms with Gasteiger partial charge in [-0.3, -0.25) is 14.3 Å². The molecule has 33 heavy (non-hydrogen) atoms. The van der Waals surface area contributed by atoms with Gasteiger partial charge >= 0.3 is 0 Å². The molecule has 6 nitrogen and oxygen atoms in total. The second-order valence-corrected chi connectivity index (χ2v) is 10.2. The number of rotatable bonds is 5. The highest BCUT2D eigenvalue weighted by molar-refractivity contribution is 7.99. The third-order valence-corrected chi connectivity index (χ3v) is 8.12. The molecule has 0 bridgehead atoms. The molecule has 1 saturated carbocycles. The average molecular weight is 462 g/mol. The predicted molar refractivity (Wildman–Crippen MR) is 131 cm³/mol. The fourth-order valence-electron chi connectivity index (χ4n) is 5.29. The van der Waals surface area contributed by atoms with Crippen molar-refractivity contribution in [2.45, 2.75) is 63.6 Å². The lowest BCUT2D eigenvalue weighted by Crippen LogP contribution is -2.50. The first-order valence-electron chi connectivity index (χ1n) is 12.0. The highest BCUT2D eigenvalue weighted by atomic mass is 32.2. The molecular formula is C26H31N5OS. The number of pyridine rings is 1. The Kier molecular flexibility index (Phi) is 6.49. The van der Waals surface area contributed by atoms with Gasteiger partial charge in [0.05, 0.1) is 11.4 Å². The molecular weight excluding hydrogens is 430 g/mol. The van der Waals surface area contributed by atoms with Gasteiger partial charge in [0.2, 0.25) is 5.91 Å². The third-order valence-electron chi connectivity index (χ3n) is 7.21. The van der Waals surface area contributed by atoms with Crippen molar-refractivity contribution in [1.82, 2.24) is 24.6 Å². The van der Waals surface area contributed by atoms with Crippen molar-refractivity contribution in [1.29, 1.82) is 0 Å². The third kappa shape index (κ3) is 4.56. The molecule has 5 rings (SSSR count). The molecule has 2 unspecified atom stereocenters. The standard InChI is InChI=1S/C26H31N5OS/c1-18-9-10-22(16-19(18)2)31-25(21-11-13-27-14-12-21)28-29-26(31)33-17-24(32)30-15-5-7-20-6-3-4-8-23(20)30/h9-14,16,20,23H,3-8,15,17H2,1-2H3. The monoisotopic (exact) mass is 461 g/mol. The molecule has 3 aromatic rings. The van der Waals surface area contributed by atoms with Crippen LogP contribution in [0.4, 0.5) is 0 Å². The van der Waals surface area contributed by atoms with Gasteiger partial charge in [-0.2, -0.15) is 0 Å². The summed E-state index contributed by atoms with van der Waals surface area (Å²) in [5.74, 6) is 2.08. The summed E-state index contributed by atoms with van der Waals surface area (Å²) in [5.41, 5.74) is 4.42. The lowest BCUT2D eigenvalue weighted by atomic mass is 9.78. The lowest BCUT2D eigenvalue weighted by molar-refractivity contribution is -0.134. The molecule has 0 radical (unpaired) electrons. The number of carbonyl (C=O) groups is 1. The van der Waals surface area contributed by atoms with E-state index in [1.54, 1.807) is 12.4 Å². The van der Waals surface area contributed by atoms with E-state index in [2.05, 4.69) is 56.7 Å². The van der Waals surface area contributed by atoms with E-state index in [0.717, 1.165) is 41.6 Å². The van der Waals surface area contributed by atoms with Crippen LogP contribution in [0.15, 0.2) is 47.9 Å². The number of amides is 1. The number of aromatic nitrogens is 4. The van der Waals surface area contributed by atoms with Crippen LogP contribution in [-0.2, 0) is 4.79 Å². The van der Waals surface area contributed by atoms with Crippen LogP contribution in [-0.4, -0.2) is 48.9 Å². The van der Waals surface area contributed by atoms with Crippen molar-refractivity contribution in [2.24, 2.45) is 5.92 Å². The van der Waals surface area contributed by atoms with Crippen LogP contribution in [0, 0.1) is 19.8 Å². The van der Waals surface area contributed by atoms with Crippen LogP contribution < -0.4 is 0 Å². The first-order valence-corrected chi connectivity index (χ1v) is 13.0. The second-order valence-electron chi connectivity index (χ2n) is 9.28. The molecule has 1 aromatic carbocycles. The van der Waals surface area contributed by atoms with Crippen LogP contribution in [0.1, 0.15) is 49.7 Å². The Labute approximate surface area is 199 Å². The van der Waals surface area contributed by atoms with Crippen molar-refractivity contribution in [3.63, 3.8) is 0 Å². The minimum absolute atomic E-state index is 0.233. The number of likely N-dealkylation sites (tertiary alicyclic amines) is 1. The zero-order valence-corrected chi connectivity index (χ0v) is 20.2. The van der Waals surface area contributed by atoms with Crippen LogP contribution >= 0.6 is 11.8 Å². The molecule has 2 aromatic heterocycles. The van der Waals surface area contributed by atoms with Crippen LogP contribution in [0.3, 0.4) is 0 Å². The van der Waals surface area contributed by atoms with E-state index in [9.17, 15) is 4.79 Å². The molecule has 2 fully saturated rings. The molecule has 1 amide bonds. The van der Waals surface area contributed by atoms with Crippen molar-refractivity contribution in [3.8, 4) is 17.1 Å². The molecule has 2 atom stereocenters. The van der Waals surface area contributed by atoms with Gasteiger partial charge in [-0.15, -0.1) is 10.2 Å². The molecule has 2 aliphatic rings. The first-order chi connectivity index (χ1) is 16.1. The number of carbonyl (C=O) groups excluding carboxylic acids is 1. The number of thioether (sulfide) groups is 1. The molecule has 0 N–H and O–H groups in total. The van der Waals surface area contributed by atoms with Crippen molar-refractivity contribution in [3.05, 3.63) is 53.9 Å². The molecule has 172 valence electrons. The number of hydrogen-bond acceptors (Lipinski definition) is 5. The highest BCUT2D eigenvalue weighted by Gasteiger charge is 2.35. The summed E-state index contributed by atoms with van der Waals surface area (Å²) in [6, 6.07) is 10.7. The van der Waals surface area contributed by atoms with Crippen LogP contribution in [0.2, 0.25) is 0 Å². The Bertz CT molecular complexity index is 1130. The van der Waals surface area contributed by atoms with Gasteiger partial charge in [0.15, 0.2) is 11.0 Å². The van der Waals surface area contributed by atoms with Crippen molar-refractivity contribution < 1.29 is 4.79 Å². The topological polar surface area (TPSA) is 63.9 Å². The highest BCUT2D eigenvalue weighted by Crippen LogP contribution is 2.36. The molecule has 0 spiro atoms. The van der Waals surface area contributed by atoms with Crippen LogP contribution in [0.25, 0.3) is 17.1 Å². The SMILES string of the molecule is Cc1ccc(-n2c(SCC(=O)N3CCCC4CCCCC43)nnc2-c2ccncc2)cc1C. The van der Waals surface area contributed by atoms with E-state index in [1.807, 2.05) is 12.1 Å². The average Bonchev–Trinajstić information content (AvgIpc) is 3.28. The summed E-state index contributed by atoms with van der Waals surface area (Å²) >= 11 is 1.49. The summed E-state index contributed by atoms with van der Waals surface area (Å²) in [6.07, 6.45) is 10.9. The zero-order valence-electron chi connectivity index (χ0n) is 19.4. The predicted octanol–water partition coefficient (Wildman–Crippen LogP) is 5.22.